The van der Waals surface area contributed by atoms with Gasteiger partial charge >= 0.3 is 5.97 Å². The van der Waals surface area contributed by atoms with Crippen LogP contribution in [-0.2, 0) is 9.53 Å². The quantitative estimate of drug-likeness (QED) is 0.722. The summed E-state index contributed by atoms with van der Waals surface area (Å²) in [5, 5.41) is 9.58. The van der Waals surface area contributed by atoms with Gasteiger partial charge in [0.15, 0.2) is 5.92 Å². The highest BCUT2D eigenvalue weighted by Crippen LogP contribution is 2.34. The average Bonchev–Trinajstić information content (AvgIpc) is 2.53. The number of nitriles is 1. The SMILES string of the molecule is CCOC(=O)C(C#N)C(c1ccc(C)cc1)c1cccc(Br)c1. The lowest BCUT2D eigenvalue weighted by atomic mass is 9.81. The molecule has 2 rings (SSSR count). The van der Waals surface area contributed by atoms with E-state index in [9.17, 15) is 10.1 Å². The summed E-state index contributed by atoms with van der Waals surface area (Å²) in [4.78, 5) is 12.3. The fourth-order valence-corrected chi connectivity index (χ4v) is 2.96. The van der Waals surface area contributed by atoms with E-state index >= 15 is 0 Å². The van der Waals surface area contributed by atoms with Crippen molar-refractivity contribution in [2.45, 2.75) is 19.8 Å². The average molecular weight is 372 g/mol. The molecular formula is C19H18BrNO2. The van der Waals surface area contributed by atoms with E-state index in [4.69, 9.17) is 4.74 Å². The Labute approximate surface area is 145 Å². The van der Waals surface area contributed by atoms with Crippen molar-refractivity contribution < 1.29 is 9.53 Å². The Morgan fingerprint density at radius 1 is 1.22 bits per heavy atom. The Hall–Kier alpha value is -2.12. The summed E-state index contributed by atoms with van der Waals surface area (Å²) in [6.45, 7) is 4.01. The fourth-order valence-electron chi connectivity index (χ4n) is 2.55. The van der Waals surface area contributed by atoms with Crippen LogP contribution >= 0.6 is 15.9 Å². The van der Waals surface area contributed by atoms with Gasteiger partial charge in [-0.1, -0.05) is 57.9 Å². The summed E-state index contributed by atoms with van der Waals surface area (Å²) in [7, 11) is 0. The Balaban J connectivity index is 2.52. The summed E-state index contributed by atoms with van der Waals surface area (Å²) >= 11 is 3.45. The number of hydrogen-bond donors (Lipinski definition) is 0. The second-order valence-electron chi connectivity index (χ2n) is 5.30. The summed E-state index contributed by atoms with van der Waals surface area (Å²) in [6.07, 6.45) is 0. The normalized spacial score (nSPS) is 13.0. The van der Waals surface area contributed by atoms with Gasteiger partial charge in [0.1, 0.15) is 0 Å². The molecule has 23 heavy (non-hydrogen) atoms. The molecule has 2 unspecified atom stereocenters. The maximum Gasteiger partial charge on any atom is 0.324 e. The molecule has 2 atom stereocenters. The molecule has 3 nitrogen and oxygen atoms in total. The molecule has 0 radical (unpaired) electrons. The topological polar surface area (TPSA) is 50.1 Å². The van der Waals surface area contributed by atoms with Gasteiger partial charge < -0.3 is 4.74 Å². The first-order chi connectivity index (χ1) is 11.1. The van der Waals surface area contributed by atoms with Gasteiger partial charge in [-0.25, -0.2) is 0 Å². The van der Waals surface area contributed by atoms with Crippen molar-refractivity contribution in [2.75, 3.05) is 6.61 Å². The van der Waals surface area contributed by atoms with Crippen LogP contribution in [0.15, 0.2) is 53.0 Å². The number of nitrogens with zero attached hydrogens (tertiary/aromatic N) is 1. The molecule has 0 amide bonds. The number of rotatable bonds is 5. The molecule has 4 heteroatoms. The van der Waals surface area contributed by atoms with Crippen LogP contribution in [0, 0.1) is 24.2 Å². The van der Waals surface area contributed by atoms with Crippen LogP contribution in [0.2, 0.25) is 0 Å². The molecule has 0 bridgehead atoms. The van der Waals surface area contributed by atoms with Crippen LogP contribution in [0.3, 0.4) is 0 Å². The van der Waals surface area contributed by atoms with Crippen LogP contribution < -0.4 is 0 Å². The highest BCUT2D eigenvalue weighted by atomic mass is 79.9. The lowest BCUT2D eigenvalue weighted by molar-refractivity contribution is -0.146. The van der Waals surface area contributed by atoms with Gasteiger partial charge in [0.05, 0.1) is 12.7 Å². The predicted octanol–water partition coefficient (Wildman–Crippen LogP) is 4.59. The van der Waals surface area contributed by atoms with Gasteiger partial charge in [-0.05, 0) is 37.1 Å². The van der Waals surface area contributed by atoms with Crippen molar-refractivity contribution in [3.8, 4) is 6.07 Å². The third kappa shape index (κ3) is 4.20. The molecule has 0 aliphatic rings. The smallest absolute Gasteiger partial charge is 0.324 e. The lowest BCUT2D eigenvalue weighted by Crippen LogP contribution is -2.24. The predicted molar refractivity (Wildman–Crippen MR) is 92.9 cm³/mol. The number of hydrogen-bond acceptors (Lipinski definition) is 3. The Kier molecular flexibility index (Phi) is 5.95. The number of esters is 1. The first kappa shape index (κ1) is 17.2. The first-order valence-corrected chi connectivity index (χ1v) is 8.24. The minimum atomic E-state index is -0.882. The molecule has 0 heterocycles. The molecule has 0 saturated heterocycles. The number of carbonyl (C=O) groups is 1. The zero-order chi connectivity index (χ0) is 16.8. The van der Waals surface area contributed by atoms with Crippen LogP contribution in [0.5, 0.6) is 0 Å². The van der Waals surface area contributed by atoms with Gasteiger partial charge in [-0.2, -0.15) is 5.26 Å². The molecule has 0 spiro atoms. The minimum Gasteiger partial charge on any atom is -0.465 e. The third-order valence-electron chi connectivity index (χ3n) is 3.66. The van der Waals surface area contributed by atoms with E-state index in [0.29, 0.717) is 0 Å². The molecule has 0 aliphatic heterocycles. The molecule has 2 aromatic carbocycles. The zero-order valence-electron chi connectivity index (χ0n) is 13.1. The number of halogens is 1. The number of aryl methyl sites for hydroxylation is 1. The highest BCUT2D eigenvalue weighted by molar-refractivity contribution is 9.10. The Morgan fingerprint density at radius 3 is 2.48 bits per heavy atom. The van der Waals surface area contributed by atoms with Gasteiger partial charge in [-0.15, -0.1) is 0 Å². The molecule has 2 aromatic rings. The van der Waals surface area contributed by atoms with Crippen LogP contribution in [0.25, 0.3) is 0 Å². The third-order valence-corrected chi connectivity index (χ3v) is 4.15. The minimum absolute atomic E-state index is 0.260. The summed E-state index contributed by atoms with van der Waals surface area (Å²) < 4.78 is 6.01. The van der Waals surface area contributed by atoms with Crippen molar-refractivity contribution in [2.24, 2.45) is 5.92 Å². The zero-order valence-corrected chi connectivity index (χ0v) is 14.7. The fraction of sp³-hybridized carbons (Fsp3) is 0.263. The van der Waals surface area contributed by atoms with Crippen molar-refractivity contribution in [1.82, 2.24) is 0 Å². The standard InChI is InChI=1S/C19H18BrNO2/c1-3-23-19(22)17(12-21)18(14-9-7-13(2)8-10-14)15-5-4-6-16(20)11-15/h4-11,17-18H,3H2,1-2H3. The highest BCUT2D eigenvalue weighted by Gasteiger charge is 2.32. The van der Waals surface area contributed by atoms with E-state index in [2.05, 4.69) is 22.0 Å². The number of ether oxygens (including phenoxy) is 1. The van der Waals surface area contributed by atoms with Crippen molar-refractivity contribution in [3.63, 3.8) is 0 Å². The molecule has 0 aromatic heterocycles. The summed E-state index contributed by atoms with van der Waals surface area (Å²) in [6, 6.07) is 17.7. The van der Waals surface area contributed by atoms with E-state index in [1.165, 1.54) is 0 Å². The first-order valence-electron chi connectivity index (χ1n) is 7.45. The summed E-state index contributed by atoms with van der Waals surface area (Å²) in [5.74, 6) is -1.73. The number of carbonyl (C=O) groups excluding carboxylic acids is 1. The number of benzene rings is 2. The summed E-state index contributed by atoms with van der Waals surface area (Å²) in [5.41, 5.74) is 2.96. The molecule has 0 saturated carbocycles. The van der Waals surface area contributed by atoms with E-state index in [-0.39, 0.29) is 12.5 Å². The molecular weight excluding hydrogens is 354 g/mol. The van der Waals surface area contributed by atoms with E-state index in [1.54, 1.807) is 6.92 Å². The maximum absolute atomic E-state index is 12.3. The van der Waals surface area contributed by atoms with Gasteiger partial charge in [0, 0.05) is 10.4 Å². The van der Waals surface area contributed by atoms with Crippen LogP contribution in [-0.4, -0.2) is 12.6 Å². The molecule has 0 N–H and O–H groups in total. The van der Waals surface area contributed by atoms with Crippen molar-refractivity contribution in [1.29, 1.82) is 5.26 Å². The van der Waals surface area contributed by atoms with Crippen LogP contribution in [0.4, 0.5) is 0 Å². The molecule has 118 valence electrons. The molecule has 0 aliphatic carbocycles. The van der Waals surface area contributed by atoms with E-state index < -0.39 is 11.9 Å². The Bertz CT molecular complexity index is 719. The van der Waals surface area contributed by atoms with Crippen molar-refractivity contribution in [3.05, 3.63) is 69.7 Å². The van der Waals surface area contributed by atoms with E-state index in [1.807, 2.05) is 55.5 Å². The maximum atomic E-state index is 12.3. The second kappa shape index (κ2) is 7.94. The monoisotopic (exact) mass is 371 g/mol. The van der Waals surface area contributed by atoms with Gasteiger partial charge in [0.2, 0.25) is 0 Å². The van der Waals surface area contributed by atoms with Gasteiger partial charge in [0.25, 0.3) is 0 Å². The van der Waals surface area contributed by atoms with Gasteiger partial charge in [-0.3, -0.25) is 4.79 Å². The van der Waals surface area contributed by atoms with Crippen molar-refractivity contribution >= 4 is 21.9 Å². The molecule has 0 fully saturated rings. The largest absolute Gasteiger partial charge is 0.465 e. The second-order valence-corrected chi connectivity index (χ2v) is 6.22. The Morgan fingerprint density at radius 2 is 1.91 bits per heavy atom. The van der Waals surface area contributed by atoms with Crippen LogP contribution in [0.1, 0.15) is 29.5 Å². The van der Waals surface area contributed by atoms with E-state index in [0.717, 1.165) is 21.2 Å². The lowest BCUT2D eigenvalue weighted by Gasteiger charge is -2.22.